The number of amides is 1. The number of hydrogen-bond acceptors (Lipinski definition) is 4. The number of ether oxygens (including phenoxy) is 2. The Bertz CT molecular complexity index is 955. The maximum absolute atomic E-state index is 12.9. The average molecular weight is 420 g/mol. The third-order valence-corrected chi connectivity index (χ3v) is 5.14. The van der Waals surface area contributed by atoms with Crippen molar-refractivity contribution in [2.24, 2.45) is 0 Å². The predicted molar refractivity (Wildman–Crippen MR) is 107 cm³/mol. The number of carbonyl (C=O) groups excluding carboxylic acids is 2. The number of esters is 1. The van der Waals surface area contributed by atoms with E-state index in [4.69, 9.17) is 32.7 Å². The molecule has 2 aromatic rings. The van der Waals surface area contributed by atoms with Gasteiger partial charge in [0.05, 0.1) is 12.7 Å². The van der Waals surface area contributed by atoms with Crippen LogP contribution in [0.3, 0.4) is 0 Å². The van der Waals surface area contributed by atoms with Gasteiger partial charge in [-0.05, 0) is 30.7 Å². The molecule has 1 N–H and O–H groups in total. The lowest BCUT2D eigenvalue weighted by Gasteiger charge is -2.27. The van der Waals surface area contributed by atoms with Crippen LogP contribution in [0.5, 0.6) is 5.75 Å². The van der Waals surface area contributed by atoms with Gasteiger partial charge < -0.3 is 14.8 Å². The van der Waals surface area contributed by atoms with Crippen LogP contribution in [-0.2, 0) is 20.9 Å². The summed E-state index contributed by atoms with van der Waals surface area (Å²) in [4.78, 5) is 25.0. The molecule has 3 rings (SSSR count). The number of hydrogen-bond donors (Lipinski definition) is 1. The molecule has 1 unspecified atom stereocenters. The largest absolute Gasteiger partial charge is 0.496 e. The summed E-state index contributed by atoms with van der Waals surface area (Å²) >= 11 is 12.3. The molecule has 1 aliphatic heterocycles. The zero-order valence-electron chi connectivity index (χ0n) is 15.4. The Kier molecular flexibility index (Phi) is 6.27. The number of methoxy groups -OCH3 is 1. The van der Waals surface area contributed by atoms with Crippen molar-refractivity contribution >= 4 is 35.1 Å². The number of benzene rings is 2. The van der Waals surface area contributed by atoms with Crippen molar-refractivity contribution in [3.63, 3.8) is 0 Å². The number of para-hydroxylation sites is 1. The summed E-state index contributed by atoms with van der Waals surface area (Å²) < 4.78 is 10.8. The van der Waals surface area contributed by atoms with Crippen molar-refractivity contribution in [1.82, 2.24) is 5.32 Å². The van der Waals surface area contributed by atoms with E-state index >= 15 is 0 Å². The standard InChI is InChI=1S/C21H19Cl2NO4/c1-12-20(21(26)28-11-13-5-3-4-6-18(13)27-2)16(10-19(25)24-12)15-8-7-14(22)9-17(15)23/h3-9,16H,10-11H2,1-2H3,(H,24,25). The van der Waals surface area contributed by atoms with Crippen LogP contribution in [0.15, 0.2) is 53.7 Å². The summed E-state index contributed by atoms with van der Waals surface area (Å²) in [5, 5.41) is 3.59. The molecular weight excluding hydrogens is 401 g/mol. The van der Waals surface area contributed by atoms with Gasteiger partial charge in [-0.3, -0.25) is 4.79 Å². The molecule has 0 saturated carbocycles. The minimum Gasteiger partial charge on any atom is -0.496 e. The van der Waals surface area contributed by atoms with E-state index < -0.39 is 11.9 Å². The van der Waals surface area contributed by atoms with Crippen molar-refractivity contribution < 1.29 is 19.1 Å². The highest BCUT2D eigenvalue weighted by Crippen LogP contribution is 2.38. The summed E-state index contributed by atoms with van der Waals surface area (Å²) in [6, 6.07) is 12.3. The van der Waals surface area contributed by atoms with Gasteiger partial charge in [-0.2, -0.15) is 0 Å². The van der Waals surface area contributed by atoms with Crippen molar-refractivity contribution in [2.75, 3.05) is 7.11 Å². The average Bonchev–Trinajstić information content (AvgIpc) is 2.65. The molecule has 1 amide bonds. The Morgan fingerprint density at radius 3 is 2.68 bits per heavy atom. The normalized spacial score (nSPS) is 16.6. The maximum atomic E-state index is 12.9. The zero-order valence-corrected chi connectivity index (χ0v) is 16.9. The minimum absolute atomic E-state index is 0.0502. The van der Waals surface area contributed by atoms with Crippen LogP contribution in [0.2, 0.25) is 10.0 Å². The van der Waals surface area contributed by atoms with Crippen LogP contribution < -0.4 is 10.1 Å². The van der Waals surface area contributed by atoms with Gasteiger partial charge in [-0.25, -0.2) is 4.79 Å². The number of nitrogens with one attached hydrogen (secondary N) is 1. The second kappa shape index (κ2) is 8.67. The summed E-state index contributed by atoms with van der Waals surface area (Å²) in [7, 11) is 1.56. The number of halogens is 2. The quantitative estimate of drug-likeness (QED) is 0.717. The van der Waals surface area contributed by atoms with Crippen LogP contribution in [0.1, 0.15) is 30.4 Å². The van der Waals surface area contributed by atoms with Gasteiger partial charge in [0.25, 0.3) is 0 Å². The van der Waals surface area contributed by atoms with Crippen molar-refractivity contribution in [2.45, 2.75) is 25.9 Å². The summed E-state index contributed by atoms with van der Waals surface area (Å²) in [5.41, 5.74) is 2.23. The molecule has 2 aromatic carbocycles. The van der Waals surface area contributed by atoms with Gasteiger partial charge in [0.1, 0.15) is 12.4 Å². The molecule has 5 nitrogen and oxygen atoms in total. The Hall–Kier alpha value is -2.50. The van der Waals surface area contributed by atoms with Gasteiger partial charge in [0, 0.05) is 33.6 Å². The van der Waals surface area contributed by atoms with Crippen LogP contribution >= 0.6 is 23.2 Å². The fourth-order valence-electron chi connectivity index (χ4n) is 3.26. The first kappa shape index (κ1) is 20.2. The molecule has 0 aliphatic carbocycles. The summed E-state index contributed by atoms with van der Waals surface area (Å²) in [6.45, 7) is 1.72. The van der Waals surface area contributed by atoms with Crippen molar-refractivity contribution in [3.05, 3.63) is 74.9 Å². The molecule has 28 heavy (non-hydrogen) atoms. The highest BCUT2D eigenvalue weighted by Gasteiger charge is 2.34. The molecule has 1 aliphatic rings. The second-order valence-corrected chi connectivity index (χ2v) is 7.24. The van der Waals surface area contributed by atoms with E-state index in [2.05, 4.69) is 5.32 Å². The number of allylic oxidation sites excluding steroid dienone is 1. The van der Waals surface area contributed by atoms with Crippen LogP contribution in [-0.4, -0.2) is 19.0 Å². The maximum Gasteiger partial charge on any atom is 0.336 e. The summed E-state index contributed by atoms with van der Waals surface area (Å²) in [6.07, 6.45) is 0.0950. The SMILES string of the molecule is COc1ccccc1COC(=O)C1=C(C)NC(=O)CC1c1ccc(Cl)cc1Cl. The molecule has 1 atom stereocenters. The molecule has 0 radical (unpaired) electrons. The first-order chi connectivity index (χ1) is 13.4. The van der Waals surface area contributed by atoms with E-state index in [1.807, 2.05) is 18.2 Å². The van der Waals surface area contributed by atoms with E-state index in [1.54, 1.807) is 38.3 Å². The Morgan fingerprint density at radius 2 is 1.96 bits per heavy atom. The van der Waals surface area contributed by atoms with Crippen LogP contribution in [0, 0.1) is 0 Å². The number of rotatable bonds is 5. The lowest BCUT2D eigenvalue weighted by atomic mass is 9.84. The Labute approximate surface area is 173 Å². The van der Waals surface area contributed by atoms with E-state index in [1.165, 1.54) is 0 Å². The molecule has 146 valence electrons. The molecular formula is C21H19Cl2NO4. The van der Waals surface area contributed by atoms with Gasteiger partial charge in [-0.1, -0.05) is 47.5 Å². The molecule has 0 saturated heterocycles. The molecule has 0 aromatic heterocycles. The highest BCUT2D eigenvalue weighted by molar-refractivity contribution is 6.35. The monoisotopic (exact) mass is 419 g/mol. The van der Waals surface area contributed by atoms with Gasteiger partial charge in [-0.15, -0.1) is 0 Å². The molecule has 7 heteroatoms. The fraction of sp³-hybridized carbons (Fsp3) is 0.238. The van der Waals surface area contributed by atoms with E-state index in [-0.39, 0.29) is 18.9 Å². The third-order valence-electron chi connectivity index (χ3n) is 4.58. The van der Waals surface area contributed by atoms with E-state index in [0.717, 1.165) is 5.56 Å². The van der Waals surface area contributed by atoms with E-state index in [0.29, 0.717) is 32.6 Å². The lowest BCUT2D eigenvalue weighted by molar-refractivity contribution is -0.141. The molecule has 0 fully saturated rings. The molecule has 1 heterocycles. The van der Waals surface area contributed by atoms with Crippen LogP contribution in [0.25, 0.3) is 0 Å². The minimum atomic E-state index is -0.514. The fourth-order valence-corrected chi connectivity index (χ4v) is 3.80. The van der Waals surface area contributed by atoms with Gasteiger partial charge in [0.2, 0.25) is 5.91 Å². The predicted octanol–water partition coefficient (Wildman–Crippen LogP) is 4.62. The van der Waals surface area contributed by atoms with Gasteiger partial charge >= 0.3 is 5.97 Å². The topological polar surface area (TPSA) is 64.6 Å². The second-order valence-electron chi connectivity index (χ2n) is 6.40. The van der Waals surface area contributed by atoms with Crippen molar-refractivity contribution in [1.29, 1.82) is 0 Å². The number of carbonyl (C=O) groups is 2. The lowest BCUT2D eigenvalue weighted by Crippen LogP contribution is -2.34. The smallest absolute Gasteiger partial charge is 0.336 e. The van der Waals surface area contributed by atoms with Gasteiger partial charge in [0.15, 0.2) is 0 Å². The first-order valence-corrected chi connectivity index (χ1v) is 9.41. The van der Waals surface area contributed by atoms with Crippen LogP contribution in [0.4, 0.5) is 0 Å². The molecule has 0 spiro atoms. The Morgan fingerprint density at radius 1 is 1.21 bits per heavy atom. The first-order valence-electron chi connectivity index (χ1n) is 8.65. The summed E-state index contributed by atoms with van der Waals surface area (Å²) in [5.74, 6) is -0.576. The molecule has 0 bridgehead atoms. The highest BCUT2D eigenvalue weighted by atomic mass is 35.5. The Balaban J connectivity index is 1.88. The van der Waals surface area contributed by atoms with Crippen molar-refractivity contribution in [3.8, 4) is 5.75 Å². The third kappa shape index (κ3) is 4.32. The van der Waals surface area contributed by atoms with E-state index in [9.17, 15) is 9.59 Å². The zero-order chi connectivity index (χ0) is 20.3.